The van der Waals surface area contributed by atoms with Crippen molar-refractivity contribution in [3.05, 3.63) is 48.0 Å². The molecule has 6 nitrogen and oxygen atoms in total. The van der Waals surface area contributed by atoms with Gasteiger partial charge in [0.25, 0.3) is 0 Å². The number of carbonyl (C=O) groups is 1. The molecule has 0 radical (unpaired) electrons. The largest absolute Gasteiger partial charge is 0.435 e. The van der Waals surface area contributed by atoms with Crippen LogP contribution in [0.1, 0.15) is 17.4 Å². The van der Waals surface area contributed by atoms with Crippen LogP contribution in [0.15, 0.2) is 36.7 Å². The van der Waals surface area contributed by atoms with Crippen LogP contribution in [0.4, 0.5) is 8.78 Å². The summed E-state index contributed by atoms with van der Waals surface area (Å²) in [5, 5.41) is 3.27. The molecule has 3 rings (SSSR count). The molecule has 0 bridgehead atoms. The van der Waals surface area contributed by atoms with E-state index >= 15 is 0 Å². The van der Waals surface area contributed by atoms with E-state index in [1.165, 1.54) is 6.07 Å². The predicted octanol–water partition coefficient (Wildman–Crippen LogP) is 1.74. The van der Waals surface area contributed by atoms with E-state index in [-0.39, 0.29) is 24.1 Å². The second kappa shape index (κ2) is 7.60. The average molecular weight is 350 g/mol. The molecule has 1 aliphatic heterocycles. The fraction of sp³-hybridized carbons (Fsp3) is 0.412. The molecular formula is C17H20F2N4O2. The number of carbonyl (C=O) groups excluding carboxylic acids is 1. The van der Waals surface area contributed by atoms with Gasteiger partial charge in [-0.05, 0) is 6.07 Å². The number of ether oxygens (including phenoxy) is 1. The van der Waals surface area contributed by atoms with Crippen molar-refractivity contribution in [2.45, 2.75) is 19.1 Å². The first-order valence-electron chi connectivity index (χ1n) is 8.06. The van der Waals surface area contributed by atoms with Gasteiger partial charge in [-0.15, -0.1) is 0 Å². The van der Waals surface area contributed by atoms with Crippen molar-refractivity contribution in [3.63, 3.8) is 0 Å². The van der Waals surface area contributed by atoms with Gasteiger partial charge in [-0.3, -0.25) is 4.79 Å². The minimum Gasteiger partial charge on any atom is -0.435 e. The Morgan fingerprint density at radius 3 is 2.96 bits per heavy atom. The molecule has 8 heteroatoms. The van der Waals surface area contributed by atoms with Gasteiger partial charge in [0.15, 0.2) is 0 Å². The first-order chi connectivity index (χ1) is 12.1. The van der Waals surface area contributed by atoms with E-state index in [1.807, 2.05) is 17.8 Å². The number of aryl methyl sites for hydroxylation is 1. The summed E-state index contributed by atoms with van der Waals surface area (Å²) in [6, 6.07) is 6.20. The molecule has 1 unspecified atom stereocenters. The minimum atomic E-state index is -2.92. The van der Waals surface area contributed by atoms with Gasteiger partial charge >= 0.3 is 6.61 Å². The molecule has 1 atom stereocenters. The number of para-hydroxylation sites is 1. The third kappa shape index (κ3) is 3.96. The SMILES string of the molecule is Cn1ccnc1C1CNCCN1C(=O)Cc1ccccc1OC(F)F. The molecule has 0 spiro atoms. The van der Waals surface area contributed by atoms with Crippen LogP contribution in [-0.2, 0) is 18.3 Å². The fourth-order valence-electron chi connectivity index (χ4n) is 3.06. The smallest absolute Gasteiger partial charge is 0.387 e. The summed E-state index contributed by atoms with van der Waals surface area (Å²) in [5.74, 6) is 0.687. The maximum Gasteiger partial charge on any atom is 0.387 e. The first kappa shape index (κ1) is 17.3. The number of hydrogen-bond donors (Lipinski definition) is 1. The number of rotatable bonds is 5. The summed E-state index contributed by atoms with van der Waals surface area (Å²) in [7, 11) is 1.88. The van der Waals surface area contributed by atoms with E-state index in [9.17, 15) is 13.6 Å². The molecule has 0 aliphatic carbocycles. The first-order valence-corrected chi connectivity index (χ1v) is 8.06. The van der Waals surface area contributed by atoms with E-state index < -0.39 is 6.61 Å². The van der Waals surface area contributed by atoms with Crippen molar-refractivity contribution < 1.29 is 18.3 Å². The van der Waals surface area contributed by atoms with Gasteiger partial charge in [0.2, 0.25) is 5.91 Å². The Bertz CT molecular complexity index is 735. The lowest BCUT2D eigenvalue weighted by Crippen LogP contribution is -2.49. The molecule has 1 aromatic heterocycles. The number of halogens is 2. The summed E-state index contributed by atoms with van der Waals surface area (Å²) in [5.41, 5.74) is 0.449. The number of alkyl halides is 2. The number of benzene rings is 1. The third-order valence-electron chi connectivity index (χ3n) is 4.25. The quantitative estimate of drug-likeness (QED) is 0.892. The van der Waals surface area contributed by atoms with E-state index in [0.29, 0.717) is 25.2 Å². The number of imidazole rings is 1. The predicted molar refractivity (Wildman–Crippen MR) is 87.3 cm³/mol. The van der Waals surface area contributed by atoms with Gasteiger partial charge in [-0.1, -0.05) is 18.2 Å². The Balaban J connectivity index is 1.79. The molecule has 1 fully saturated rings. The zero-order chi connectivity index (χ0) is 17.8. The lowest BCUT2D eigenvalue weighted by atomic mass is 10.1. The Morgan fingerprint density at radius 1 is 1.44 bits per heavy atom. The minimum absolute atomic E-state index is 0.00379. The highest BCUT2D eigenvalue weighted by molar-refractivity contribution is 5.80. The standard InChI is InChI=1S/C17H20F2N4O2/c1-22-8-7-21-16(22)13-11-20-6-9-23(13)15(24)10-12-4-2-3-5-14(12)25-17(18)19/h2-5,7-8,13,17,20H,6,9-11H2,1H3. The molecule has 2 heterocycles. The molecule has 0 saturated carbocycles. The summed E-state index contributed by atoms with van der Waals surface area (Å²) in [4.78, 5) is 18.9. The van der Waals surface area contributed by atoms with Crippen LogP contribution in [0.2, 0.25) is 0 Å². The summed E-state index contributed by atoms with van der Waals surface area (Å²) in [6.07, 6.45) is 3.53. The zero-order valence-electron chi connectivity index (χ0n) is 13.9. The van der Waals surface area contributed by atoms with Crippen LogP contribution in [0.5, 0.6) is 5.75 Å². The second-order valence-corrected chi connectivity index (χ2v) is 5.87. The molecule has 1 saturated heterocycles. The Kier molecular flexibility index (Phi) is 5.28. The van der Waals surface area contributed by atoms with Gasteiger partial charge in [0, 0.05) is 44.6 Å². The van der Waals surface area contributed by atoms with Crippen LogP contribution >= 0.6 is 0 Å². The molecule has 1 aromatic carbocycles. The average Bonchev–Trinajstić information content (AvgIpc) is 3.02. The van der Waals surface area contributed by atoms with Crippen molar-refractivity contribution in [2.75, 3.05) is 19.6 Å². The third-order valence-corrected chi connectivity index (χ3v) is 4.25. The molecular weight excluding hydrogens is 330 g/mol. The molecule has 2 aromatic rings. The highest BCUT2D eigenvalue weighted by Crippen LogP contribution is 2.25. The van der Waals surface area contributed by atoms with Crippen molar-refractivity contribution in [1.29, 1.82) is 0 Å². The van der Waals surface area contributed by atoms with E-state index in [0.717, 1.165) is 5.82 Å². The Morgan fingerprint density at radius 2 is 2.24 bits per heavy atom. The van der Waals surface area contributed by atoms with Crippen molar-refractivity contribution in [2.24, 2.45) is 7.05 Å². The van der Waals surface area contributed by atoms with Crippen molar-refractivity contribution >= 4 is 5.91 Å². The van der Waals surface area contributed by atoms with E-state index in [4.69, 9.17) is 0 Å². The number of hydrogen-bond acceptors (Lipinski definition) is 4. The number of nitrogens with one attached hydrogen (secondary N) is 1. The Hall–Kier alpha value is -2.48. The summed E-state index contributed by atoms with van der Waals surface area (Å²) >= 11 is 0. The van der Waals surface area contributed by atoms with E-state index in [2.05, 4.69) is 15.0 Å². The lowest BCUT2D eigenvalue weighted by molar-refractivity contribution is -0.134. The molecule has 1 aliphatic rings. The van der Waals surface area contributed by atoms with Crippen molar-refractivity contribution in [3.8, 4) is 5.75 Å². The molecule has 25 heavy (non-hydrogen) atoms. The van der Waals surface area contributed by atoms with Gasteiger partial charge in [0.05, 0.1) is 6.42 Å². The maximum atomic E-state index is 12.8. The highest BCUT2D eigenvalue weighted by atomic mass is 19.3. The van der Waals surface area contributed by atoms with Crippen molar-refractivity contribution in [1.82, 2.24) is 19.8 Å². The van der Waals surface area contributed by atoms with Crippen LogP contribution in [0.3, 0.4) is 0 Å². The lowest BCUT2D eigenvalue weighted by Gasteiger charge is -2.36. The van der Waals surface area contributed by atoms with Crippen LogP contribution in [0.25, 0.3) is 0 Å². The molecule has 134 valence electrons. The van der Waals surface area contributed by atoms with Crippen LogP contribution in [-0.4, -0.2) is 46.6 Å². The number of aromatic nitrogens is 2. The summed E-state index contributed by atoms with van der Waals surface area (Å²) < 4.78 is 31.5. The maximum absolute atomic E-state index is 12.8. The normalized spacial score (nSPS) is 17.8. The number of nitrogens with zero attached hydrogens (tertiary/aromatic N) is 3. The monoisotopic (exact) mass is 350 g/mol. The Labute approximate surface area is 144 Å². The number of piperazine rings is 1. The molecule has 1 N–H and O–H groups in total. The van der Waals surface area contributed by atoms with Gasteiger partial charge < -0.3 is 19.5 Å². The van der Waals surface area contributed by atoms with Gasteiger partial charge in [0.1, 0.15) is 17.6 Å². The van der Waals surface area contributed by atoms with E-state index in [1.54, 1.807) is 29.3 Å². The fourth-order valence-corrected chi connectivity index (χ4v) is 3.06. The summed E-state index contributed by atoms with van der Waals surface area (Å²) in [6.45, 7) is -1.10. The second-order valence-electron chi connectivity index (χ2n) is 5.87. The van der Waals surface area contributed by atoms with Gasteiger partial charge in [-0.25, -0.2) is 4.98 Å². The zero-order valence-corrected chi connectivity index (χ0v) is 13.9. The molecule has 1 amide bonds. The van der Waals surface area contributed by atoms with Crippen LogP contribution < -0.4 is 10.1 Å². The highest BCUT2D eigenvalue weighted by Gasteiger charge is 2.30. The topological polar surface area (TPSA) is 59.4 Å². The van der Waals surface area contributed by atoms with Gasteiger partial charge in [-0.2, -0.15) is 8.78 Å². The number of amides is 1. The van der Waals surface area contributed by atoms with Crippen LogP contribution in [0, 0.1) is 0 Å².